The van der Waals surface area contributed by atoms with E-state index in [4.69, 9.17) is 17.3 Å². The Hall–Kier alpha value is -0.570. The summed E-state index contributed by atoms with van der Waals surface area (Å²) in [6.07, 6.45) is 0.937. The Kier molecular flexibility index (Phi) is 5.09. The van der Waals surface area contributed by atoms with E-state index < -0.39 is 0 Å². The Morgan fingerprint density at radius 1 is 1.33 bits per heavy atom. The van der Waals surface area contributed by atoms with Crippen LogP contribution in [-0.2, 0) is 6.42 Å². The molecule has 0 aromatic heterocycles. The van der Waals surface area contributed by atoms with Gasteiger partial charge in [-0.15, -0.1) is 0 Å². The molecule has 0 heterocycles. The summed E-state index contributed by atoms with van der Waals surface area (Å²) in [7, 11) is 0. The van der Waals surface area contributed by atoms with Crippen LogP contribution >= 0.6 is 11.6 Å². The highest BCUT2D eigenvalue weighted by molar-refractivity contribution is 6.31. The van der Waals surface area contributed by atoms with Gasteiger partial charge in [0.15, 0.2) is 0 Å². The van der Waals surface area contributed by atoms with Gasteiger partial charge in [0.1, 0.15) is 0 Å². The molecule has 0 amide bonds. The first-order chi connectivity index (χ1) is 7.09. The fourth-order valence-corrected chi connectivity index (χ4v) is 1.67. The minimum atomic E-state index is 0.193. The summed E-state index contributed by atoms with van der Waals surface area (Å²) < 4.78 is 0. The molecule has 2 atom stereocenters. The van der Waals surface area contributed by atoms with Gasteiger partial charge in [-0.25, -0.2) is 0 Å². The first-order valence-corrected chi connectivity index (χ1v) is 5.69. The summed E-state index contributed by atoms with van der Waals surface area (Å²) in [6, 6.07) is 8.54. The summed E-state index contributed by atoms with van der Waals surface area (Å²) >= 11 is 6.08. The van der Waals surface area contributed by atoms with Crippen LogP contribution < -0.4 is 11.1 Å². The van der Waals surface area contributed by atoms with Gasteiger partial charge in [-0.1, -0.05) is 29.8 Å². The zero-order chi connectivity index (χ0) is 11.3. The number of rotatable bonds is 5. The predicted molar refractivity (Wildman–Crippen MR) is 66.3 cm³/mol. The molecule has 1 aromatic carbocycles. The third-order valence-corrected chi connectivity index (χ3v) is 2.64. The highest BCUT2D eigenvalue weighted by Gasteiger charge is 2.06. The topological polar surface area (TPSA) is 38.0 Å². The van der Waals surface area contributed by atoms with Crippen molar-refractivity contribution in [3.05, 3.63) is 34.9 Å². The third kappa shape index (κ3) is 4.65. The van der Waals surface area contributed by atoms with Gasteiger partial charge in [0.2, 0.25) is 0 Å². The number of benzene rings is 1. The molecule has 0 bridgehead atoms. The number of hydrogen-bond donors (Lipinski definition) is 2. The molecule has 0 aliphatic heterocycles. The van der Waals surface area contributed by atoms with Gasteiger partial charge in [-0.05, 0) is 31.9 Å². The fraction of sp³-hybridized carbons (Fsp3) is 0.500. The Morgan fingerprint density at radius 2 is 2.00 bits per heavy atom. The first kappa shape index (κ1) is 12.5. The summed E-state index contributed by atoms with van der Waals surface area (Å²) in [5.74, 6) is 0. The maximum Gasteiger partial charge on any atom is 0.0438 e. The van der Waals surface area contributed by atoms with Crippen LogP contribution in [0.4, 0.5) is 0 Å². The highest BCUT2D eigenvalue weighted by Crippen LogP contribution is 2.16. The smallest absolute Gasteiger partial charge is 0.0438 e. The van der Waals surface area contributed by atoms with Gasteiger partial charge < -0.3 is 11.1 Å². The van der Waals surface area contributed by atoms with Crippen LogP contribution in [0.2, 0.25) is 5.02 Å². The lowest BCUT2D eigenvalue weighted by molar-refractivity contribution is 0.514. The second-order valence-electron chi connectivity index (χ2n) is 4.08. The van der Waals surface area contributed by atoms with Gasteiger partial charge in [-0.3, -0.25) is 0 Å². The zero-order valence-corrected chi connectivity index (χ0v) is 10.1. The van der Waals surface area contributed by atoms with Crippen LogP contribution in [0, 0.1) is 0 Å². The monoisotopic (exact) mass is 226 g/mol. The number of halogens is 1. The summed E-state index contributed by atoms with van der Waals surface area (Å²) in [6.45, 7) is 4.98. The maximum atomic E-state index is 6.08. The van der Waals surface area contributed by atoms with E-state index in [1.54, 1.807) is 0 Å². The Labute approximate surface area is 96.8 Å². The summed E-state index contributed by atoms with van der Waals surface area (Å²) in [4.78, 5) is 0. The molecular weight excluding hydrogens is 208 g/mol. The molecule has 0 aliphatic carbocycles. The van der Waals surface area contributed by atoms with E-state index in [9.17, 15) is 0 Å². The average Bonchev–Trinajstić information content (AvgIpc) is 2.18. The van der Waals surface area contributed by atoms with E-state index in [-0.39, 0.29) is 6.04 Å². The Morgan fingerprint density at radius 3 is 2.60 bits per heavy atom. The van der Waals surface area contributed by atoms with Crippen LogP contribution in [0.3, 0.4) is 0 Å². The molecule has 1 rings (SSSR count). The fourth-order valence-electron chi connectivity index (χ4n) is 1.45. The molecule has 0 saturated heterocycles. The molecule has 2 nitrogen and oxygen atoms in total. The Bertz CT molecular complexity index is 299. The summed E-state index contributed by atoms with van der Waals surface area (Å²) in [5, 5.41) is 4.21. The minimum Gasteiger partial charge on any atom is -0.327 e. The molecule has 3 heteroatoms. The van der Waals surface area contributed by atoms with Crippen molar-refractivity contribution in [2.75, 3.05) is 6.54 Å². The van der Waals surface area contributed by atoms with Crippen molar-refractivity contribution < 1.29 is 0 Å². The molecule has 2 unspecified atom stereocenters. The minimum absolute atomic E-state index is 0.193. The van der Waals surface area contributed by atoms with Crippen LogP contribution in [0.15, 0.2) is 24.3 Å². The lowest BCUT2D eigenvalue weighted by atomic mass is 10.1. The van der Waals surface area contributed by atoms with Gasteiger partial charge in [0.25, 0.3) is 0 Å². The van der Waals surface area contributed by atoms with Crippen molar-refractivity contribution in [2.45, 2.75) is 32.4 Å². The molecule has 15 heavy (non-hydrogen) atoms. The Balaban J connectivity index is 2.44. The normalized spacial score (nSPS) is 14.9. The molecule has 0 fully saturated rings. The highest BCUT2D eigenvalue weighted by atomic mass is 35.5. The predicted octanol–water partition coefficient (Wildman–Crippen LogP) is 2.21. The molecule has 0 spiro atoms. The van der Waals surface area contributed by atoms with Crippen LogP contribution in [0.1, 0.15) is 19.4 Å². The van der Waals surface area contributed by atoms with E-state index in [0.29, 0.717) is 6.04 Å². The molecule has 3 N–H and O–H groups in total. The number of nitrogens with one attached hydrogen (secondary N) is 1. The van der Waals surface area contributed by atoms with Crippen LogP contribution in [-0.4, -0.2) is 18.6 Å². The van der Waals surface area contributed by atoms with Crippen molar-refractivity contribution in [3.8, 4) is 0 Å². The maximum absolute atomic E-state index is 6.08. The average molecular weight is 227 g/mol. The molecule has 84 valence electrons. The van der Waals surface area contributed by atoms with E-state index in [1.807, 2.05) is 25.1 Å². The second-order valence-corrected chi connectivity index (χ2v) is 4.49. The van der Waals surface area contributed by atoms with Crippen LogP contribution in [0.25, 0.3) is 0 Å². The quantitative estimate of drug-likeness (QED) is 0.808. The lowest BCUT2D eigenvalue weighted by Gasteiger charge is -2.16. The van der Waals surface area contributed by atoms with Gasteiger partial charge in [0, 0.05) is 23.7 Å². The zero-order valence-electron chi connectivity index (χ0n) is 9.33. The summed E-state index contributed by atoms with van der Waals surface area (Å²) in [5.41, 5.74) is 6.86. The van der Waals surface area contributed by atoms with Crippen LogP contribution in [0.5, 0.6) is 0 Å². The van der Waals surface area contributed by atoms with E-state index in [1.165, 1.54) is 5.56 Å². The molecular formula is C12H19ClN2. The molecule has 1 aromatic rings. The number of hydrogen-bond acceptors (Lipinski definition) is 2. The standard InChI is InChI=1S/C12H19ClN2/c1-9(14)8-15-10(2)7-11-5-3-4-6-12(11)13/h3-6,9-10,15H,7-8,14H2,1-2H3. The van der Waals surface area contributed by atoms with E-state index in [0.717, 1.165) is 18.0 Å². The third-order valence-electron chi connectivity index (χ3n) is 2.27. The van der Waals surface area contributed by atoms with E-state index in [2.05, 4.69) is 18.3 Å². The molecule has 0 aliphatic rings. The lowest BCUT2D eigenvalue weighted by Crippen LogP contribution is -2.37. The van der Waals surface area contributed by atoms with Crippen molar-refractivity contribution in [2.24, 2.45) is 5.73 Å². The van der Waals surface area contributed by atoms with Crippen molar-refractivity contribution in [1.29, 1.82) is 0 Å². The van der Waals surface area contributed by atoms with E-state index >= 15 is 0 Å². The van der Waals surface area contributed by atoms with Crippen molar-refractivity contribution >= 4 is 11.6 Å². The van der Waals surface area contributed by atoms with Gasteiger partial charge in [0.05, 0.1) is 0 Å². The molecule has 0 radical (unpaired) electrons. The first-order valence-electron chi connectivity index (χ1n) is 5.32. The van der Waals surface area contributed by atoms with Crippen molar-refractivity contribution in [3.63, 3.8) is 0 Å². The van der Waals surface area contributed by atoms with Gasteiger partial charge >= 0.3 is 0 Å². The molecule has 0 saturated carbocycles. The van der Waals surface area contributed by atoms with Gasteiger partial charge in [-0.2, -0.15) is 0 Å². The second kappa shape index (κ2) is 6.11. The SMILES string of the molecule is CC(N)CNC(C)Cc1ccccc1Cl. The largest absolute Gasteiger partial charge is 0.327 e. The number of nitrogens with two attached hydrogens (primary N) is 1. The van der Waals surface area contributed by atoms with Crippen molar-refractivity contribution in [1.82, 2.24) is 5.32 Å².